The van der Waals surface area contributed by atoms with Gasteiger partial charge in [-0.2, -0.15) is 13.2 Å². The van der Waals surface area contributed by atoms with Gasteiger partial charge in [-0.1, -0.05) is 12.1 Å². The van der Waals surface area contributed by atoms with Gasteiger partial charge in [-0.05, 0) is 61.8 Å². The van der Waals surface area contributed by atoms with Crippen LogP contribution in [-0.2, 0) is 16.6 Å². The van der Waals surface area contributed by atoms with Gasteiger partial charge in [0.2, 0.25) is 5.91 Å². The predicted octanol–water partition coefficient (Wildman–Crippen LogP) is 2.71. The molecule has 1 aromatic heterocycles. The molecular formula is C26H29F3N4O3. The lowest BCUT2D eigenvalue weighted by atomic mass is 9.77. The van der Waals surface area contributed by atoms with E-state index in [0.29, 0.717) is 24.9 Å². The largest absolute Gasteiger partial charge is 0.416 e. The Morgan fingerprint density at radius 1 is 1.19 bits per heavy atom. The Balaban J connectivity index is 1.09. The van der Waals surface area contributed by atoms with Crippen LogP contribution in [0.1, 0.15) is 47.2 Å². The number of benzene rings is 1. The summed E-state index contributed by atoms with van der Waals surface area (Å²) >= 11 is 0. The van der Waals surface area contributed by atoms with E-state index in [1.807, 2.05) is 12.1 Å². The van der Waals surface area contributed by atoms with E-state index < -0.39 is 23.2 Å². The van der Waals surface area contributed by atoms with Crippen LogP contribution in [-0.4, -0.2) is 58.5 Å². The molecule has 2 saturated carbocycles. The lowest BCUT2D eigenvalue weighted by Crippen LogP contribution is -2.46. The van der Waals surface area contributed by atoms with E-state index in [-0.39, 0.29) is 30.0 Å². The Bertz CT molecular complexity index is 1130. The van der Waals surface area contributed by atoms with Crippen LogP contribution < -0.4 is 10.6 Å². The summed E-state index contributed by atoms with van der Waals surface area (Å²) in [6, 6.07) is 8.22. The average Bonchev–Trinajstić information content (AvgIpc) is 3.57. The smallest absolute Gasteiger partial charge is 0.385 e. The fourth-order valence-corrected chi connectivity index (χ4v) is 6.28. The minimum atomic E-state index is -4.54. The van der Waals surface area contributed by atoms with Crippen molar-refractivity contribution in [2.24, 2.45) is 11.8 Å². The number of likely N-dealkylation sites (tertiary alicyclic amines) is 1. The van der Waals surface area contributed by atoms with Gasteiger partial charge in [0.05, 0.1) is 17.7 Å². The van der Waals surface area contributed by atoms with E-state index in [4.69, 9.17) is 0 Å². The molecule has 192 valence electrons. The van der Waals surface area contributed by atoms with Crippen molar-refractivity contribution in [3.05, 3.63) is 65.5 Å². The summed E-state index contributed by atoms with van der Waals surface area (Å²) in [5, 5.41) is 16.6. The van der Waals surface area contributed by atoms with Crippen molar-refractivity contribution in [3.8, 4) is 0 Å². The molecule has 2 heterocycles. The van der Waals surface area contributed by atoms with Gasteiger partial charge in [-0.3, -0.25) is 19.5 Å². The molecule has 1 aromatic carbocycles. The molecule has 3 fully saturated rings. The van der Waals surface area contributed by atoms with Crippen LogP contribution in [0.25, 0.3) is 0 Å². The van der Waals surface area contributed by atoms with Crippen LogP contribution in [0, 0.1) is 11.8 Å². The van der Waals surface area contributed by atoms with Crippen molar-refractivity contribution in [1.29, 1.82) is 0 Å². The number of halogens is 3. The molecule has 10 heteroatoms. The Kier molecular flexibility index (Phi) is 6.50. The molecule has 0 radical (unpaired) electrons. The second-order valence-corrected chi connectivity index (χ2v) is 10.2. The van der Waals surface area contributed by atoms with Crippen molar-refractivity contribution in [2.45, 2.75) is 49.5 Å². The Labute approximate surface area is 207 Å². The number of hydrogen-bond donors (Lipinski definition) is 3. The quantitative estimate of drug-likeness (QED) is 0.565. The molecule has 4 unspecified atom stereocenters. The maximum atomic E-state index is 12.9. The minimum absolute atomic E-state index is 0.0562. The zero-order valence-electron chi connectivity index (χ0n) is 19.7. The monoisotopic (exact) mass is 502 g/mol. The molecule has 3 aliphatic rings. The molecule has 0 spiro atoms. The van der Waals surface area contributed by atoms with Crippen molar-refractivity contribution in [2.75, 3.05) is 19.6 Å². The highest BCUT2D eigenvalue weighted by molar-refractivity contribution is 5.96. The first kappa shape index (κ1) is 24.7. The Morgan fingerprint density at radius 2 is 2.03 bits per heavy atom. The lowest BCUT2D eigenvalue weighted by Gasteiger charge is -2.39. The number of hydrogen-bond acceptors (Lipinski definition) is 5. The SMILES string of the molecule is O=C(CNC(=O)c1cccc(C(F)(F)F)c1)N[C@@H]1CCN(C2CC3CC2CC3(O)c2cccnc2)C1. The van der Waals surface area contributed by atoms with Crippen molar-refractivity contribution in [1.82, 2.24) is 20.5 Å². The third-order valence-electron chi connectivity index (χ3n) is 7.98. The highest BCUT2D eigenvalue weighted by Gasteiger charge is 2.56. The van der Waals surface area contributed by atoms with Gasteiger partial charge in [0, 0.05) is 48.7 Å². The molecule has 2 aromatic rings. The van der Waals surface area contributed by atoms with Gasteiger partial charge in [0.25, 0.3) is 5.91 Å². The molecule has 1 saturated heterocycles. The number of aromatic nitrogens is 1. The lowest BCUT2D eigenvalue weighted by molar-refractivity contribution is -0.137. The molecule has 7 nitrogen and oxygen atoms in total. The van der Waals surface area contributed by atoms with Crippen LogP contribution >= 0.6 is 0 Å². The summed E-state index contributed by atoms with van der Waals surface area (Å²) in [5.41, 5.74) is -0.993. The fraction of sp³-hybridized carbons (Fsp3) is 0.500. The first-order chi connectivity index (χ1) is 17.1. The van der Waals surface area contributed by atoms with Crippen molar-refractivity contribution in [3.63, 3.8) is 0 Å². The van der Waals surface area contributed by atoms with E-state index in [2.05, 4.69) is 20.5 Å². The summed E-state index contributed by atoms with van der Waals surface area (Å²) < 4.78 is 38.6. The Hall–Kier alpha value is -2.98. The van der Waals surface area contributed by atoms with Gasteiger partial charge >= 0.3 is 6.18 Å². The first-order valence-electron chi connectivity index (χ1n) is 12.3. The van der Waals surface area contributed by atoms with E-state index in [1.165, 1.54) is 6.07 Å². The number of nitrogens with one attached hydrogen (secondary N) is 2. The van der Waals surface area contributed by atoms with Gasteiger partial charge in [-0.25, -0.2) is 0 Å². The first-order valence-corrected chi connectivity index (χ1v) is 12.3. The van der Waals surface area contributed by atoms with Gasteiger partial charge in [-0.15, -0.1) is 0 Å². The summed E-state index contributed by atoms with van der Waals surface area (Å²) in [4.78, 5) is 31.2. The standard InChI is InChI=1S/C26H29F3N4O3/c27-26(28,29)18-4-1-3-16(9-18)24(35)31-14-23(34)32-21-6-8-33(15-21)22-11-20-10-17(22)12-25(20,36)19-5-2-7-30-13-19/h1-5,7,9,13,17,20-22,36H,6,8,10-12,14-15H2,(H,31,35)(H,32,34)/t17?,20?,21-,22?,25?/m1/s1. The third kappa shape index (κ3) is 4.84. The molecule has 2 amide bonds. The normalized spacial score (nSPS) is 29.9. The minimum Gasteiger partial charge on any atom is -0.385 e. The zero-order chi connectivity index (χ0) is 25.5. The third-order valence-corrected chi connectivity index (χ3v) is 7.98. The number of rotatable bonds is 6. The van der Waals surface area contributed by atoms with Crippen LogP contribution in [0.5, 0.6) is 0 Å². The highest BCUT2D eigenvalue weighted by atomic mass is 19.4. The molecule has 3 N–H and O–H groups in total. The van der Waals surface area contributed by atoms with E-state index in [1.54, 1.807) is 12.4 Å². The van der Waals surface area contributed by atoms with Crippen LogP contribution in [0.2, 0.25) is 0 Å². The molecule has 36 heavy (non-hydrogen) atoms. The zero-order valence-corrected chi connectivity index (χ0v) is 19.7. The molecule has 2 bridgehead atoms. The predicted molar refractivity (Wildman–Crippen MR) is 125 cm³/mol. The summed E-state index contributed by atoms with van der Waals surface area (Å²) in [6.45, 7) is 1.24. The van der Waals surface area contributed by atoms with E-state index >= 15 is 0 Å². The van der Waals surface area contributed by atoms with Gasteiger partial charge in [0.1, 0.15) is 0 Å². The average molecular weight is 503 g/mol. The van der Waals surface area contributed by atoms with Gasteiger partial charge < -0.3 is 15.7 Å². The number of nitrogens with zero attached hydrogens (tertiary/aromatic N) is 2. The van der Waals surface area contributed by atoms with Crippen molar-refractivity contribution >= 4 is 11.8 Å². The van der Waals surface area contributed by atoms with Crippen LogP contribution in [0.15, 0.2) is 48.8 Å². The second-order valence-electron chi connectivity index (χ2n) is 10.2. The number of alkyl halides is 3. The highest BCUT2D eigenvalue weighted by Crippen LogP contribution is 2.56. The van der Waals surface area contributed by atoms with Gasteiger partial charge in [0.15, 0.2) is 0 Å². The number of carbonyl (C=O) groups is 2. The molecule has 5 rings (SSSR count). The summed E-state index contributed by atoms with van der Waals surface area (Å²) in [7, 11) is 0. The molecule has 1 aliphatic heterocycles. The number of amides is 2. The number of fused-ring (bicyclic) bond motifs is 2. The van der Waals surface area contributed by atoms with E-state index in [0.717, 1.165) is 49.6 Å². The number of aliphatic hydroxyl groups is 1. The summed E-state index contributed by atoms with van der Waals surface area (Å²) in [6.07, 6.45) is 2.30. The molecule has 5 atom stereocenters. The fourth-order valence-electron chi connectivity index (χ4n) is 6.28. The van der Waals surface area contributed by atoms with Crippen LogP contribution in [0.4, 0.5) is 13.2 Å². The number of pyridine rings is 1. The Morgan fingerprint density at radius 3 is 2.72 bits per heavy atom. The second kappa shape index (κ2) is 9.48. The number of carbonyl (C=O) groups excluding carboxylic acids is 2. The molecular weight excluding hydrogens is 473 g/mol. The van der Waals surface area contributed by atoms with Crippen LogP contribution in [0.3, 0.4) is 0 Å². The molecule has 2 aliphatic carbocycles. The maximum absolute atomic E-state index is 12.9. The van der Waals surface area contributed by atoms with Crippen molar-refractivity contribution < 1.29 is 27.9 Å². The topological polar surface area (TPSA) is 94.6 Å². The van der Waals surface area contributed by atoms with E-state index in [9.17, 15) is 27.9 Å². The maximum Gasteiger partial charge on any atom is 0.416 e. The summed E-state index contributed by atoms with van der Waals surface area (Å²) in [5.74, 6) is -0.522.